The van der Waals surface area contributed by atoms with Crippen LogP contribution in [0, 0.1) is 0 Å². The fraction of sp³-hybridized carbons (Fsp3) is 0.533. The van der Waals surface area contributed by atoms with E-state index in [1.807, 2.05) is 35.2 Å². The first-order valence-corrected chi connectivity index (χ1v) is 7.01. The van der Waals surface area contributed by atoms with E-state index in [4.69, 9.17) is 0 Å². The Bertz CT molecular complexity index is 434. The molecule has 0 bridgehead atoms. The van der Waals surface area contributed by atoms with Gasteiger partial charge in [0.15, 0.2) is 0 Å². The zero-order valence-corrected chi connectivity index (χ0v) is 11.5. The molecule has 19 heavy (non-hydrogen) atoms. The Morgan fingerprint density at radius 2 is 1.68 bits per heavy atom. The van der Waals surface area contributed by atoms with Gasteiger partial charge in [-0.05, 0) is 19.2 Å². The van der Waals surface area contributed by atoms with Crippen LogP contribution in [0.15, 0.2) is 30.3 Å². The molecular formula is C15H21N3O. The second-order valence-corrected chi connectivity index (χ2v) is 5.57. The summed E-state index contributed by atoms with van der Waals surface area (Å²) in [6, 6.07) is 10.3. The molecule has 2 saturated heterocycles. The third-order valence-corrected chi connectivity index (χ3v) is 4.18. The number of hydrogen-bond donors (Lipinski definition) is 0. The number of nitrogens with zero attached hydrogens (tertiary/aromatic N) is 3. The van der Waals surface area contributed by atoms with Crippen molar-refractivity contribution >= 4 is 5.91 Å². The molecule has 0 atom stereocenters. The van der Waals surface area contributed by atoms with Gasteiger partial charge in [-0.3, -0.25) is 9.69 Å². The number of likely N-dealkylation sites (tertiary alicyclic amines) is 1. The monoisotopic (exact) mass is 259 g/mol. The second-order valence-electron chi connectivity index (χ2n) is 5.57. The third kappa shape index (κ3) is 2.65. The van der Waals surface area contributed by atoms with Crippen molar-refractivity contribution < 1.29 is 4.79 Å². The maximum Gasteiger partial charge on any atom is 0.253 e. The maximum absolute atomic E-state index is 12.3. The fourth-order valence-electron chi connectivity index (χ4n) is 2.95. The van der Waals surface area contributed by atoms with Crippen LogP contribution in [0.4, 0.5) is 0 Å². The number of carbonyl (C=O) groups is 1. The van der Waals surface area contributed by atoms with Crippen LogP contribution < -0.4 is 0 Å². The van der Waals surface area contributed by atoms with E-state index in [1.165, 1.54) is 13.1 Å². The van der Waals surface area contributed by atoms with E-state index < -0.39 is 0 Å². The fourth-order valence-corrected chi connectivity index (χ4v) is 2.95. The maximum atomic E-state index is 12.3. The van der Waals surface area contributed by atoms with Crippen LogP contribution in [0.2, 0.25) is 0 Å². The number of amides is 1. The molecule has 102 valence electrons. The standard InChI is InChI=1S/C15H21N3O/c1-16-11-14(12-16)17-7-9-18(10-8-17)15(19)13-5-3-2-4-6-13/h2-6,14H,7-12H2,1H3. The lowest BCUT2D eigenvalue weighted by atomic mass is 10.1. The highest BCUT2D eigenvalue weighted by Crippen LogP contribution is 2.16. The van der Waals surface area contributed by atoms with Crippen LogP contribution >= 0.6 is 0 Å². The molecule has 4 heteroatoms. The van der Waals surface area contributed by atoms with Crippen molar-refractivity contribution in [2.24, 2.45) is 0 Å². The molecule has 2 aliphatic heterocycles. The van der Waals surface area contributed by atoms with Gasteiger partial charge in [-0.25, -0.2) is 0 Å². The highest BCUT2D eigenvalue weighted by atomic mass is 16.2. The number of benzene rings is 1. The molecule has 1 aromatic carbocycles. The SMILES string of the molecule is CN1CC(N2CCN(C(=O)c3ccccc3)CC2)C1. The average Bonchev–Trinajstić information content (AvgIpc) is 2.44. The van der Waals surface area contributed by atoms with Crippen LogP contribution in [-0.2, 0) is 0 Å². The molecule has 0 spiro atoms. The lowest BCUT2D eigenvalue weighted by Gasteiger charge is -2.46. The first-order valence-electron chi connectivity index (χ1n) is 7.01. The number of rotatable bonds is 2. The molecule has 1 aromatic rings. The number of carbonyl (C=O) groups excluding carboxylic acids is 1. The summed E-state index contributed by atoms with van der Waals surface area (Å²) in [7, 11) is 2.16. The van der Waals surface area contributed by atoms with E-state index in [0.717, 1.165) is 31.7 Å². The normalized spacial score (nSPS) is 22.3. The molecule has 0 aliphatic carbocycles. The van der Waals surface area contributed by atoms with E-state index >= 15 is 0 Å². The number of likely N-dealkylation sites (N-methyl/N-ethyl adjacent to an activating group) is 1. The molecule has 2 aliphatic rings. The average molecular weight is 259 g/mol. The van der Waals surface area contributed by atoms with Crippen molar-refractivity contribution in [2.45, 2.75) is 6.04 Å². The molecule has 2 fully saturated rings. The number of piperazine rings is 1. The Hall–Kier alpha value is -1.39. The lowest BCUT2D eigenvalue weighted by Crippen LogP contribution is -2.62. The number of hydrogen-bond acceptors (Lipinski definition) is 3. The third-order valence-electron chi connectivity index (χ3n) is 4.18. The molecule has 1 amide bonds. The molecule has 4 nitrogen and oxygen atoms in total. The molecule has 3 rings (SSSR count). The van der Waals surface area contributed by atoms with Gasteiger partial charge in [-0.1, -0.05) is 18.2 Å². The molecule has 0 aromatic heterocycles. The summed E-state index contributed by atoms with van der Waals surface area (Å²) in [4.78, 5) is 19.2. The Kier molecular flexibility index (Phi) is 3.53. The van der Waals surface area contributed by atoms with Gasteiger partial charge in [-0.15, -0.1) is 0 Å². The van der Waals surface area contributed by atoms with Gasteiger partial charge in [0.2, 0.25) is 0 Å². The summed E-state index contributed by atoms with van der Waals surface area (Å²) in [5.74, 6) is 0.172. The van der Waals surface area contributed by atoms with Gasteiger partial charge in [-0.2, -0.15) is 0 Å². The second kappa shape index (κ2) is 5.31. The van der Waals surface area contributed by atoms with Gasteiger partial charge in [0.05, 0.1) is 0 Å². The molecule has 2 heterocycles. The van der Waals surface area contributed by atoms with Crippen LogP contribution in [0.5, 0.6) is 0 Å². The quantitative estimate of drug-likeness (QED) is 0.784. The smallest absolute Gasteiger partial charge is 0.253 e. The Balaban J connectivity index is 1.54. The van der Waals surface area contributed by atoms with Crippen LogP contribution in [0.1, 0.15) is 10.4 Å². The van der Waals surface area contributed by atoms with Crippen LogP contribution in [0.25, 0.3) is 0 Å². The van der Waals surface area contributed by atoms with Gasteiger partial charge >= 0.3 is 0 Å². The van der Waals surface area contributed by atoms with Gasteiger partial charge in [0.1, 0.15) is 0 Å². The molecule has 0 N–H and O–H groups in total. The van der Waals surface area contributed by atoms with Crippen molar-refractivity contribution in [3.8, 4) is 0 Å². The summed E-state index contributed by atoms with van der Waals surface area (Å²) in [6.45, 7) is 6.08. The van der Waals surface area contributed by atoms with Crippen molar-refractivity contribution in [1.29, 1.82) is 0 Å². The van der Waals surface area contributed by atoms with E-state index in [2.05, 4.69) is 16.8 Å². The Morgan fingerprint density at radius 1 is 1.05 bits per heavy atom. The summed E-state index contributed by atoms with van der Waals surface area (Å²) >= 11 is 0. The Morgan fingerprint density at radius 3 is 2.26 bits per heavy atom. The largest absolute Gasteiger partial charge is 0.336 e. The minimum Gasteiger partial charge on any atom is -0.336 e. The van der Waals surface area contributed by atoms with Crippen molar-refractivity contribution in [1.82, 2.24) is 14.7 Å². The van der Waals surface area contributed by atoms with Crippen molar-refractivity contribution in [3.05, 3.63) is 35.9 Å². The summed E-state index contributed by atoms with van der Waals surface area (Å²) in [5.41, 5.74) is 0.805. The summed E-state index contributed by atoms with van der Waals surface area (Å²) in [6.07, 6.45) is 0. The van der Waals surface area contributed by atoms with Crippen LogP contribution in [-0.4, -0.2) is 73.0 Å². The van der Waals surface area contributed by atoms with Gasteiger partial charge < -0.3 is 9.80 Å². The van der Waals surface area contributed by atoms with Gasteiger partial charge in [0, 0.05) is 50.9 Å². The van der Waals surface area contributed by atoms with E-state index in [9.17, 15) is 4.79 Å². The first kappa shape index (κ1) is 12.6. The van der Waals surface area contributed by atoms with Crippen LogP contribution in [0.3, 0.4) is 0 Å². The topological polar surface area (TPSA) is 26.8 Å². The highest BCUT2D eigenvalue weighted by Gasteiger charge is 2.32. The van der Waals surface area contributed by atoms with E-state index in [1.54, 1.807) is 0 Å². The zero-order valence-electron chi connectivity index (χ0n) is 11.5. The molecule has 0 saturated carbocycles. The van der Waals surface area contributed by atoms with Gasteiger partial charge in [0.25, 0.3) is 5.91 Å². The first-order chi connectivity index (χ1) is 9.24. The predicted octanol–water partition coefficient (Wildman–Crippen LogP) is 0.758. The lowest BCUT2D eigenvalue weighted by molar-refractivity contribution is 0.0173. The molecule has 0 radical (unpaired) electrons. The van der Waals surface area contributed by atoms with Crippen molar-refractivity contribution in [3.63, 3.8) is 0 Å². The molecular weight excluding hydrogens is 238 g/mol. The van der Waals surface area contributed by atoms with E-state index in [-0.39, 0.29) is 5.91 Å². The highest BCUT2D eigenvalue weighted by molar-refractivity contribution is 5.94. The zero-order chi connectivity index (χ0) is 13.2. The predicted molar refractivity (Wildman–Crippen MR) is 75.2 cm³/mol. The minimum absolute atomic E-state index is 0.172. The van der Waals surface area contributed by atoms with Crippen molar-refractivity contribution in [2.75, 3.05) is 46.3 Å². The van der Waals surface area contributed by atoms with E-state index in [0.29, 0.717) is 6.04 Å². The Labute approximate surface area is 114 Å². The minimum atomic E-state index is 0.172. The summed E-state index contributed by atoms with van der Waals surface area (Å²) < 4.78 is 0. The molecule has 0 unspecified atom stereocenters. The summed E-state index contributed by atoms with van der Waals surface area (Å²) in [5, 5.41) is 0.